The lowest BCUT2D eigenvalue weighted by molar-refractivity contribution is 0.224. The molecule has 1 aliphatic rings. The van der Waals surface area contributed by atoms with E-state index in [1.165, 1.54) is 6.07 Å². The van der Waals surface area contributed by atoms with Gasteiger partial charge in [-0.05, 0) is 43.7 Å². The monoisotopic (exact) mass is 379 g/mol. The number of nitrogens with zero attached hydrogens (tertiary/aromatic N) is 3. The molecule has 28 heavy (non-hydrogen) atoms. The van der Waals surface area contributed by atoms with E-state index in [4.69, 9.17) is 9.15 Å². The zero-order valence-electron chi connectivity index (χ0n) is 16.1. The molecule has 6 heteroatoms. The number of piperazine rings is 1. The van der Waals surface area contributed by atoms with Gasteiger partial charge in [0.05, 0.1) is 6.61 Å². The van der Waals surface area contributed by atoms with E-state index in [-0.39, 0.29) is 5.63 Å². The van der Waals surface area contributed by atoms with Crippen LogP contribution in [0.25, 0.3) is 11.0 Å². The molecular formula is C22H25N3O3. The van der Waals surface area contributed by atoms with Gasteiger partial charge in [0.15, 0.2) is 0 Å². The molecule has 0 amide bonds. The number of ether oxygens (including phenoxy) is 1. The van der Waals surface area contributed by atoms with Gasteiger partial charge in [0.1, 0.15) is 17.2 Å². The number of anilines is 1. The van der Waals surface area contributed by atoms with Gasteiger partial charge in [-0.25, -0.2) is 9.78 Å². The maximum Gasteiger partial charge on any atom is 0.336 e. The summed E-state index contributed by atoms with van der Waals surface area (Å²) in [5, 5.41) is 0.896. The third-order valence-corrected chi connectivity index (χ3v) is 5.05. The van der Waals surface area contributed by atoms with Crippen LogP contribution in [0.5, 0.6) is 5.75 Å². The number of benzene rings is 1. The minimum atomic E-state index is -0.343. The lowest BCUT2D eigenvalue weighted by atomic mass is 10.2. The number of aryl methyl sites for hydroxylation is 1. The zero-order valence-corrected chi connectivity index (χ0v) is 16.1. The van der Waals surface area contributed by atoms with Crippen molar-refractivity contribution in [3.63, 3.8) is 0 Å². The minimum absolute atomic E-state index is 0.343. The summed E-state index contributed by atoms with van der Waals surface area (Å²) in [4.78, 5) is 20.8. The molecule has 4 rings (SSSR count). The summed E-state index contributed by atoms with van der Waals surface area (Å²) in [7, 11) is 0. The first-order valence-corrected chi connectivity index (χ1v) is 9.75. The number of hydrogen-bond donors (Lipinski definition) is 0. The van der Waals surface area contributed by atoms with Crippen molar-refractivity contribution in [2.24, 2.45) is 0 Å². The maximum absolute atomic E-state index is 11.3. The molecular weight excluding hydrogens is 354 g/mol. The van der Waals surface area contributed by atoms with E-state index in [9.17, 15) is 4.79 Å². The highest BCUT2D eigenvalue weighted by atomic mass is 16.5. The van der Waals surface area contributed by atoms with E-state index in [1.54, 1.807) is 12.1 Å². The molecule has 0 radical (unpaired) electrons. The van der Waals surface area contributed by atoms with E-state index in [0.29, 0.717) is 12.2 Å². The van der Waals surface area contributed by atoms with Gasteiger partial charge < -0.3 is 14.1 Å². The Morgan fingerprint density at radius 2 is 1.89 bits per heavy atom. The van der Waals surface area contributed by atoms with E-state index in [0.717, 1.165) is 61.8 Å². The summed E-state index contributed by atoms with van der Waals surface area (Å²) in [5.41, 5.74) is 1.28. The van der Waals surface area contributed by atoms with Crippen LogP contribution < -0.4 is 15.3 Å². The molecule has 0 saturated carbocycles. The van der Waals surface area contributed by atoms with E-state index < -0.39 is 0 Å². The third kappa shape index (κ3) is 4.51. The summed E-state index contributed by atoms with van der Waals surface area (Å²) in [5.74, 6) is 1.81. The summed E-state index contributed by atoms with van der Waals surface area (Å²) in [6.45, 7) is 7.76. The molecule has 1 fully saturated rings. The first-order valence-electron chi connectivity index (χ1n) is 9.75. The molecule has 1 aliphatic heterocycles. The quantitative estimate of drug-likeness (QED) is 0.485. The first-order chi connectivity index (χ1) is 13.7. The molecule has 3 heterocycles. The standard InChI is InChI=1S/C22H25N3O3/c1-17-4-2-5-21(23-17)25-13-11-24(12-14-25)10-3-15-27-19-8-6-18-7-9-22(26)28-20(18)16-19/h2,4-9,16H,3,10-15H2,1H3. The van der Waals surface area contributed by atoms with Gasteiger partial charge in [-0.3, -0.25) is 4.90 Å². The summed E-state index contributed by atoms with van der Waals surface area (Å²) in [6, 6.07) is 15.0. The van der Waals surface area contributed by atoms with E-state index >= 15 is 0 Å². The molecule has 0 N–H and O–H groups in total. The van der Waals surface area contributed by atoms with Crippen molar-refractivity contribution in [1.82, 2.24) is 9.88 Å². The SMILES string of the molecule is Cc1cccc(N2CCN(CCCOc3ccc4ccc(=O)oc4c3)CC2)n1. The Balaban J connectivity index is 1.21. The second kappa shape index (κ2) is 8.44. The summed E-state index contributed by atoms with van der Waals surface area (Å²) < 4.78 is 11.0. The molecule has 1 aromatic carbocycles. The van der Waals surface area contributed by atoms with Gasteiger partial charge >= 0.3 is 5.63 Å². The molecule has 6 nitrogen and oxygen atoms in total. The van der Waals surface area contributed by atoms with Gasteiger partial charge in [-0.1, -0.05) is 6.07 Å². The first kappa shape index (κ1) is 18.5. The third-order valence-electron chi connectivity index (χ3n) is 5.05. The number of hydrogen-bond acceptors (Lipinski definition) is 6. The lowest BCUT2D eigenvalue weighted by Crippen LogP contribution is -2.47. The highest BCUT2D eigenvalue weighted by Gasteiger charge is 2.17. The molecule has 146 valence electrons. The average molecular weight is 379 g/mol. The molecule has 3 aromatic rings. The van der Waals surface area contributed by atoms with Crippen molar-refractivity contribution in [3.05, 3.63) is 64.6 Å². The fraction of sp³-hybridized carbons (Fsp3) is 0.364. The lowest BCUT2D eigenvalue weighted by Gasteiger charge is -2.35. The van der Waals surface area contributed by atoms with Crippen LogP contribution in [-0.4, -0.2) is 49.2 Å². The van der Waals surface area contributed by atoms with Crippen molar-refractivity contribution in [2.75, 3.05) is 44.2 Å². The van der Waals surface area contributed by atoms with Gasteiger partial charge in [0, 0.05) is 55.9 Å². The number of fused-ring (bicyclic) bond motifs is 1. The van der Waals surface area contributed by atoms with Crippen LogP contribution >= 0.6 is 0 Å². The number of rotatable bonds is 6. The molecule has 0 atom stereocenters. The second-order valence-corrected chi connectivity index (χ2v) is 7.12. The Kier molecular flexibility index (Phi) is 5.58. The van der Waals surface area contributed by atoms with E-state index in [1.807, 2.05) is 25.1 Å². The summed E-state index contributed by atoms with van der Waals surface area (Å²) in [6.07, 6.45) is 0.958. The maximum atomic E-state index is 11.3. The Morgan fingerprint density at radius 1 is 1.07 bits per heavy atom. The highest BCUT2D eigenvalue weighted by molar-refractivity contribution is 5.77. The minimum Gasteiger partial charge on any atom is -0.493 e. The zero-order chi connectivity index (χ0) is 19.3. The smallest absolute Gasteiger partial charge is 0.336 e. The molecule has 0 unspecified atom stereocenters. The van der Waals surface area contributed by atoms with Crippen molar-refractivity contribution in [3.8, 4) is 5.75 Å². The Labute approximate surface area is 164 Å². The van der Waals surface area contributed by atoms with Crippen molar-refractivity contribution >= 4 is 16.8 Å². The van der Waals surface area contributed by atoms with Crippen LogP contribution in [0.1, 0.15) is 12.1 Å². The van der Waals surface area contributed by atoms with E-state index in [2.05, 4.69) is 26.9 Å². The fourth-order valence-electron chi connectivity index (χ4n) is 3.51. The van der Waals surface area contributed by atoms with Crippen LogP contribution in [0, 0.1) is 6.92 Å². The van der Waals surface area contributed by atoms with Crippen molar-refractivity contribution in [2.45, 2.75) is 13.3 Å². The molecule has 1 saturated heterocycles. The Morgan fingerprint density at radius 3 is 2.71 bits per heavy atom. The van der Waals surface area contributed by atoms with Gasteiger partial charge in [0.25, 0.3) is 0 Å². The predicted octanol–water partition coefficient (Wildman–Crippen LogP) is 3.09. The predicted molar refractivity (Wildman–Crippen MR) is 110 cm³/mol. The fourth-order valence-corrected chi connectivity index (χ4v) is 3.51. The second-order valence-electron chi connectivity index (χ2n) is 7.12. The van der Waals surface area contributed by atoms with Gasteiger partial charge in [-0.15, -0.1) is 0 Å². The van der Waals surface area contributed by atoms with Crippen molar-refractivity contribution < 1.29 is 9.15 Å². The molecule has 0 bridgehead atoms. The Hall–Kier alpha value is -2.86. The van der Waals surface area contributed by atoms with Crippen LogP contribution in [0.15, 0.2) is 57.7 Å². The average Bonchev–Trinajstić information content (AvgIpc) is 2.71. The van der Waals surface area contributed by atoms with Crippen molar-refractivity contribution in [1.29, 1.82) is 0 Å². The topological polar surface area (TPSA) is 58.8 Å². The van der Waals surface area contributed by atoms with Gasteiger partial charge in [-0.2, -0.15) is 0 Å². The Bertz CT molecular complexity index is 993. The van der Waals surface area contributed by atoms with Crippen LogP contribution in [0.4, 0.5) is 5.82 Å². The van der Waals surface area contributed by atoms with Crippen LogP contribution in [0.3, 0.4) is 0 Å². The largest absolute Gasteiger partial charge is 0.493 e. The molecule has 2 aromatic heterocycles. The van der Waals surface area contributed by atoms with Crippen LogP contribution in [-0.2, 0) is 0 Å². The van der Waals surface area contributed by atoms with Gasteiger partial charge in [0.2, 0.25) is 0 Å². The normalized spacial score (nSPS) is 15.1. The van der Waals surface area contributed by atoms with Crippen LogP contribution in [0.2, 0.25) is 0 Å². The summed E-state index contributed by atoms with van der Waals surface area (Å²) >= 11 is 0. The molecule has 0 spiro atoms. The number of pyridine rings is 1. The molecule has 0 aliphatic carbocycles. The highest BCUT2D eigenvalue weighted by Crippen LogP contribution is 2.19. The number of aromatic nitrogens is 1.